The molecule has 0 saturated carbocycles. The van der Waals surface area contributed by atoms with Crippen molar-refractivity contribution in [2.24, 2.45) is 0 Å². The number of esters is 1. The lowest BCUT2D eigenvalue weighted by Crippen LogP contribution is -2.37. The van der Waals surface area contributed by atoms with Gasteiger partial charge in [0.05, 0.1) is 6.04 Å². The van der Waals surface area contributed by atoms with Crippen LogP contribution < -0.4 is 5.32 Å². The van der Waals surface area contributed by atoms with Crippen LogP contribution in [0, 0.1) is 0 Å². The van der Waals surface area contributed by atoms with E-state index < -0.39 is 41.6 Å². The number of nitrogens with one attached hydrogen (secondary N) is 1. The molecule has 10 heteroatoms. The molecule has 0 fully saturated rings. The minimum Gasteiger partial charge on any atom is -0.453 e. The first-order chi connectivity index (χ1) is 13.5. The van der Waals surface area contributed by atoms with Crippen LogP contribution in [-0.2, 0) is 19.1 Å². The molecule has 0 heterocycles. The quantitative estimate of drug-likeness (QED) is 0.164. The summed E-state index contributed by atoms with van der Waals surface area (Å²) in [6, 6.07) is 3.49. The van der Waals surface area contributed by atoms with Gasteiger partial charge in [-0.15, -0.1) is 0 Å². The number of Topliss-reactive ketones (excluding diaryl/α,β-unsaturated/α-hetero) is 1. The van der Waals surface area contributed by atoms with E-state index in [1.54, 1.807) is 20.8 Å². The molecule has 0 radical (unpaired) electrons. The van der Waals surface area contributed by atoms with E-state index in [0.29, 0.717) is 10.6 Å². The van der Waals surface area contributed by atoms with Crippen LogP contribution in [0.2, 0.25) is 10.0 Å². The van der Waals surface area contributed by atoms with Crippen molar-refractivity contribution in [1.82, 2.24) is 5.32 Å². The molecule has 0 aliphatic rings. The molecule has 0 bridgehead atoms. The van der Waals surface area contributed by atoms with Crippen LogP contribution >= 0.6 is 23.2 Å². The number of ether oxygens (including phenoxy) is 2. The maximum absolute atomic E-state index is 12.5. The number of alkyl carbamates (subject to hydrolysis) is 1. The molecular weight excluding hydrogens is 421 g/mol. The van der Waals surface area contributed by atoms with Gasteiger partial charge in [-0.3, -0.25) is 4.79 Å². The number of carbonyl (C=O) groups is 3. The predicted octanol–water partition coefficient (Wildman–Crippen LogP) is 3.92. The SMILES string of the molecule is C=CCOC(=O)C(=[N+]=[N-])C(=O)C[C@@H](NC(=O)OC(C)(C)C)c1ccc(Cl)cc1Cl. The first-order valence-corrected chi connectivity index (χ1v) is 9.21. The van der Waals surface area contributed by atoms with Gasteiger partial charge in [0.2, 0.25) is 0 Å². The fourth-order valence-electron chi connectivity index (χ4n) is 2.17. The number of halogens is 2. The summed E-state index contributed by atoms with van der Waals surface area (Å²) in [7, 11) is 0. The molecule has 1 amide bonds. The third-order valence-electron chi connectivity index (χ3n) is 3.31. The standard InChI is InChI=1S/C19H21Cl2N3O5/c1-5-8-28-17(26)16(24-22)15(25)10-14(23-18(27)29-19(2,3)4)12-7-6-11(20)9-13(12)21/h5-7,9,14H,1,8,10H2,2-4H3,(H,23,27)/t14-/m1/s1. The highest BCUT2D eigenvalue weighted by Gasteiger charge is 2.34. The highest BCUT2D eigenvalue weighted by Crippen LogP contribution is 2.29. The topological polar surface area (TPSA) is 118 Å². The fourth-order valence-corrected chi connectivity index (χ4v) is 2.71. The first-order valence-electron chi connectivity index (χ1n) is 8.46. The summed E-state index contributed by atoms with van der Waals surface area (Å²) in [4.78, 5) is 39.3. The van der Waals surface area contributed by atoms with Crippen LogP contribution in [0.15, 0.2) is 30.9 Å². The number of hydrogen-bond acceptors (Lipinski definition) is 5. The van der Waals surface area contributed by atoms with Gasteiger partial charge in [-0.25, -0.2) is 9.59 Å². The molecule has 1 atom stereocenters. The Morgan fingerprint density at radius 2 is 1.97 bits per heavy atom. The second kappa shape index (κ2) is 10.8. The Kier molecular flexibility index (Phi) is 9.04. The number of ketones is 1. The van der Waals surface area contributed by atoms with Crippen molar-refractivity contribution in [3.05, 3.63) is 52.0 Å². The zero-order valence-corrected chi connectivity index (χ0v) is 17.7. The van der Waals surface area contributed by atoms with E-state index in [2.05, 4.69) is 16.7 Å². The molecule has 1 rings (SSSR count). The third-order valence-corrected chi connectivity index (χ3v) is 3.87. The van der Waals surface area contributed by atoms with Gasteiger partial charge >= 0.3 is 17.8 Å². The van der Waals surface area contributed by atoms with Crippen LogP contribution in [-0.4, -0.2) is 40.6 Å². The lowest BCUT2D eigenvalue weighted by atomic mass is 9.99. The number of benzene rings is 1. The molecule has 1 aromatic carbocycles. The maximum atomic E-state index is 12.5. The monoisotopic (exact) mass is 441 g/mol. The molecule has 0 aliphatic heterocycles. The molecule has 0 aromatic heterocycles. The van der Waals surface area contributed by atoms with Crippen molar-refractivity contribution in [2.75, 3.05) is 6.61 Å². The van der Waals surface area contributed by atoms with Crippen molar-refractivity contribution in [3.8, 4) is 0 Å². The van der Waals surface area contributed by atoms with Gasteiger partial charge in [0, 0.05) is 16.5 Å². The molecule has 0 unspecified atom stereocenters. The van der Waals surface area contributed by atoms with E-state index in [1.807, 2.05) is 0 Å². The lowest BCUT2D eigenvalue weighted by molar-refractivity contribution is -0.141. The summed E-state index contributed by atoms with van der Waals surface area (Å²) in [5.41, 5.74) is 7.80. The molecule has 0 aliphatic carbocycles. The van der Waals surface area contributed by atoms with Gasteiger partial charge in [0.15, 0.2) is 0 Å². The van der Waals surface area contributed by atoms with Crippen molar-refractivity contribution < 1.29 is 28.6 Å². The minimum atomic E-state index is -1.13. The molecule has 0 spiro atoms. The molecule has 0 saturated heterocycles. The summed E-state index contributed by atoms with van der Waals surface area (Å²) in [5.74, 6) is -2.01. The highest BCUT2D eigenvalue weighted by atomic mass is 35.5. The van der Waals surface area contributed by atoms with E-state index in [1.165, 1.54) is 24.3 Å². The smallest absolute Gasteiger partial charge is 0.441 e. The van der Waals surface area contributed by atoms with Crippen LogP contribution in [0.3, 0.4) is 0 Å². The Morgan fingerprint density at radius 1 is 1.31 bits per heavy atom. The third kappa shape index (κ3) is 8.07. The molecule has 8 nitrogen and oxygen atoms in total. The Bertz CT molecular complexity index is 858. The van der Waals surface area contributed by atoms with Gasteiger partial charge in [-0.1, -0.05) is 41.9 Å². The van der Waals surface area contributed by atoms with E-state index in [9.17, 15) is 14.4 Å². The Labute approximate surface area is 178 Å². The van der Waals surface area contributed by atoms with Gasteiger partial charge in [0.25, 0.3) is 5.78 Å². The molecule has 1 aromatic rings. The molecular formula is C19H21Cl2N3O5. The van der Waals surface area contributed by atoms with E-state index >= 15 is 0 Å². The number of carbonyl (C=O) groups excluding carboxylic acids is 3. The number of rotatable bonds is 8. The second-order valence-electron chi connectivity index (χ2n) is 6.83. The Morgan fingerprint density at radius 3 is 2.48 bits per heavy atom. The van der Waals surface area contributed by atoms with Crippen LogP contribution in [0.25, 0.3) is 5.53 Å². The number of nitrogens with zero attached hydrogens (tertiary/aromatic N) is 2. The van der Waals surface area contributed by atoms with Gasteiger partial charge in [-0.2, -0.15) is 4.79 Å². The van der Waals surface area contributed by atoms with Crippen LogP contribution in [0.4, 0.5) is 4.79 Å². The summed E-state index contributed by atoms with van der Waals surface area (Å²) >= 11 is 12.1. The molecule has 29 heavy (non-hydrogen) atoms. The van der Waals surface area contributed by atoms with Crippen LogP contribution in [0.1, 0.15) is 38.8 Å². The van der Waals surface area contributed by atoms with E-state index in [0.717, 1.165) is 0 Å². The zero-order chi connectivity index (χ0) is 22.2. The normalized spacial score (nSPS) is 11.6. The predicted molar refractivity (Wildman–Crippen MR) is 108 cm³/mol. The Hall–Kier alpha value is -2.67. The summed E-state index contributed by atoms with van der Waals surface area (Å²) < 4.78 is 9.92. The van der Waals surface area contributed by atoms with Gasteiger partial charge in [0.1, 0.15) is 12.2 Å². The van der Waals surface area contributed by atoms with Gasteiger partial charge < -0.3 is 20.3 Å². The van der Waals surface area contributed by atoms with Gasteiger partial charge in [-0.05, 0) is 38.5 Å². The average molecular weight is 442 g/mol. The summed E-state index contributed by atoms with van der Waals surface area (Å²) in [6.07, 6.45) is 0.0268. The van der Waals surface area contributed by atoms with Crippen LogP contribution in [0.5, 0.6) is 0 Å². The van der Waals surface area contributed by atoms with Crippen molar-refractivity contribution in [3.63, 3.8) is 0 Å². The zero-order valence-electron chi connectivity index (χ0n) is 16.2. The molecule has 1 N–H and O–H groups in total. The minimum absolute atomic E-state index is 0.173. The van der Waals surface area contributed by atoms with E-state index in [-0.39, 0.29) is 11.6 Å². The molecule has 156 valence electrons. The summed E-state index contributed by atoms with van der Waals surface area (Å²) in [5, 5.41) is 3.06. The Balaban J connectivity index is 3.15. The lowest BCUT2D eigenvalue weighted by Gasteiger charge is -2.24. The largest absolute Gasteiger partial charge is 0.453 e. The summed E-state index contributed by atoms with van der Waals surface area (Å²) in [6.45, 7) is 8.23. The number of amides is 1. The highest BCUT2D eigenvalue weighted by molar-refractivity contribution is 6.62. The number of hydrogen-bond donors (Lipinski definition) is 1. The second-order valence-corrected chi connectivity index (χ2v) is 7.67. The van der Waals surface area contributed by atoms with Crippen molar-refractivity contribution >= 4 is 46.8 Å². The van der Waals surface area contributed by atoms with Crippen molar-refractivity contribution in [1.29, 1.82) is 0 Å². The maximum Gasteiger partial charge on any atom is 0.441 e. The average Bonchev–Trinajstić information content (AvgIpc) is 2.58. The van der Waals surface area contributed by atoms with Crippen molar-refractivity contribution in [2.45, 2.75) is 38.8 Å². The van der Waals surface area contributed by atoms with E-state index in [4.69, 9.17) is 38.2 Å². The fraction of sp³-hybridized carbons (Fsp3) is 0.368. The first kappa shape index (κ1) is 24.4.